The van der Waals surface area contributed by atoms with Crippen molar-refractivity contribution in [3.63, 3.8) is 0 Å². The molecule has 0 saturated heterocycles. The number of amides is 1. The van der Waals surface area contributed by atoms with Crippen LogP contribution in [0.4, 0.5) is 10.2 Å². The van der Waals surface area contributed by atoms with E-state index in [-0.39, 0.29) is 17.8 Å². The summed E-state index contributed by atoms with van der Waals surface area (Å²) in [5, 5.41) is 6.24. The molecule has 9 heteroatoms. The van der Waals surface area contributed by atoms with Gasteiger partial charge in [0.05, 0.1) is 46.8 Å². The van der Waals surface area contributed by atoms with Gasteiger partial charge in [-0.15, -0.1) is 11.3 Å². The third-order valence-electron chi connectivity index (χ3n) is 5.73. The zero-order valence-electron chi connectivity index (χ0n) is 19.2. The first-order chi connectivity index (χ1) is 17.0. The molecular formula is C26H23FN6OS. The van der Waals surface area contributed by atoms with Crippen molar-refractivity contribution in [2.45, 2.75) is 19.5 Å². The molecule has 7 nitrogen and oxygen atoms in total. The van der Waals surface area contributed by atoms with Crippen LogP contribution in [0.3, 0.4) is 0 Å². The van der Waals surface area contributed by atoms with Crippen molar-refractivity contribution in [3.8, 4) is 10.6 Å². The summed E-state index contributed by atoms with van der Waals surface area (Å²) in [7, 11) is 1.96. The number of carbonyl (C=O) groups excluding carboxylic acids is 1. The Hall–Kier alpha value is -4.11. The van der Waals surface area contributed by atoms with Gasteiger partial charge in [-0.05, 0) is 55.0 Å². The molecule has 0 aliphatic heterocycles. The van der Waals surface area contributed by atoms with E-state index in [0.29, 0.717) is 17.9 Å². The summed E-state index contributed by atoms with van der Waals surface area (Å²) >= 11 is 1.63. The van der Waals surface area contributed by atoms with Crippen molar-refractivity contribution in [3.05, 3.63) is 95.1 Å². The van der Waals surface area contributed by atoms with Crippen LogP contribution < -0.4 is 10.6 Å². The molecule has 0 aliphatic carbocycles. The number of hydrogen-bond donors (Lipinski definition) is 2. The number of aryl methyl sites for hydroxylation is 1. The number of nitrogens with zero attached hydrogens (tertiary/aromatic N) is 4. The maximum atomic E-state index is 13.2. The molecule has 0 spiro atoms. The standard InChI is InChI=1S/C26H23FN6OS/c1-16(17-5-7-18(27)8-6-17)32-26(34)20-4-3-11-28-25(20)30-13-19-9-10-24(35-19)21-12-23-22(14-29-21)31-15-33(23)2/h3-12,14-16H,13H2,1-2H3,(H,28,30)(H,32,34). The largest absolute Gasteiger partial charge is 0.365 e. The lowest BCUT2D eigenvalue weighted by molar-refractivity contribution is 0.0940. The number of aromatic nitrogens is 4. The minimum absolute atomic E-state index is 0.252. The second-order valence-electron chi connectivity index (χ2n) is 8.18. The quantitative estimate of drug-likeness (QED) is 0.325. The molecule has 0 radical (unpaired) electrons. The van der Waals surface area contributed by atoms with E-state index in [4.69, 9.17) is 0 Å². The lowest BCUT2D eigenvalue weighted by Crippen LogP contribution is -2.27. The lowest BCUT2D eigenvalue weighted by atomic mass is 10.1. The van der Waals surface area contributed by atoms with E-state index in [1.54, 1.807) is 54.3 Å². The van der Waals surface area contributed by atoms with Gasteiger partial charge in [-0.1, -0.05) is 12.1 Å². The Bertz CT molecular complexity index is 1490. The molecule has 2 N–H and O–H groups in total. The zero-order valence-corrected chi connectivity index (χ0v) is 20.0. The van der Waals surface area contributed by atoms with Crippen LogP contribution in [-0.4, -0.2) is 25.4 Å². The minimum Gasteiger partial charge on any atom is -0.365 e. The Balaban J connectivity index is 1.27. The number of rotatable bonds is 7. The van der Waals surface area contributed by atoms with Gasteiger partial charge in [-0.25, -0.2) is 14.4 Å². The highest BCUT2D eigenvalue weighted by Crippen LogP contribution is 2.29. The van der Waals surface area contributed by atoms with Crippen LogP contribution in [0, 0.1) is 5.82 Å². The highest BCUT2D eigenvalue weighted by Gasteiger charge is 2.16. The highest BCUT2D eigenvalue weighted by molar-refractivity contribution is 7.15. The molecule has 176 valence electrons. The Labute approximate surface area is 205 Å². The van der Waals surface area contributed by atoms with E-state index in [1.807, 2.05) is 36.7 Å². The minimum atomic E-state index is -0.309. The molecule has 5 aromatic rings. The summed E-state index contributed by atoms with van der Waals surface area (Å²) in [4.78, 5) is 28.3. The van der Waals surface area contributed by atoms with Crippen molar-refractivity contribution in [2.75, 3.05) is 5.32 Å². The van der Waals surface area contributed by atoms with E-state index >= 15 is 0 Å². The number of benzene rings is 1. The summed E-state index contributed by atoms with van der Waals surface area (Å²) in [5.74, 6) is -0.0604. The maximum Gasteiger partial charge on any atom is 0.255 e. The molecule has 0 aliphatic rings. The van der Waals surface area contributed by atoms with Gasteiger partial charge in [0, 0.05) is 18.1 Å². The van der Waals surface area contributed by atoms with Gasteiger partial charge < -0.3 is 15.2 Å². The van der Waals surface area contributed by atoms with E-state index in [0.717, 1.165) is 32.0 Å². The Morgan fingerprint density at radius 2 is 1.94 bits per heavy atom. The molecular weight excluding hydrogens is 463 g/mol. The second-order valence-corrected chi connectivity index (χ2v) is 9.35. The number of carbonyl (C=O) groups is 1. The number of anilines is 1. The summed E-state index contributed by atoms with van der Waals surface area (Å²) in [6.07, 6.45) is 5.21. The molecule has 0 bridgehead atoms. The average Bonchev–Trinajstić information content (AvgIpc) is 3.50. The van der Waals surface area contributed by atoms with Crippen LogP contribution in [0.2, 0.25) is 0 Å². The van der Waals surface area contributed by atoms with Crippen LogP contribution in [0.5, 0.6) is 0 Å². The van der Waals surface area contributed by atoms with Gasteiger partial charge in [-0.2, -0.15) is 0 Å². The number of imidazole rings is 1. The fraction of sp³-hybridized carbons (Fsp3) is 0.154. The van der Waals surface area contributed by atoms with Crippen LogP contribution in [0.1, 0.15) is 33.8 Å². The first-order valence-corrected chi connectivity index (χ1v) is 11.9. The third-order valence-corrected chi connectivity index (χ3v) is 6.83. The van der Waals surface area contributed by atoms with Crippen LogP contribution in [-0.2, 0) is 13.6 Å². The van der Waals surface area contributed by atoms with Crippen molar-refractivity contribution >= 4 is 34.1 Å². The maximum absolute atomic E-state index is 13.2. The zero-order chi connectivity index (χ0) is 24.4. The molecule has 0 saturated carbocycles. The topological polar surface area (TPSA) is 84.7 Å². The third kappa shape index (κ3) is 4.90. The predicted molar refractivity (Wildman–Crippen MR) is 136 cm³/mol. The first-order valence-electron chi connectivity index (χ1n) is 11.1. The summed E-state index contributed by atoms with van der Waals surface area (Å²) in [6.45, 7) is 2.38. The fourth-order valence-corrected chi connectivity index (χ4v) is 4.70. The molecule has 1 amide bonds. The number of pyridine rings is 2. The van der Waals surface area contributed by atoms with E-state index in [1.165, 1.54) is 12.1 Å². The van der Waals surface area contributed by atoms with Crippen LogP contribution in [0.25, 0.3) is 21.6 Å². The van der Waals surface area contributed by atoms with Crippen molar-refractivity contribution in [1.82, 2.24) is 24.8 Å². The van der Waals surface area contributed by atoms with Crippen LogP contribution in [0.15, 0.2) is 73.3 Å². The Kier molecular flexibility index (Phi) is 6.24. The first kappa shape index (κ1) is 22.7. The predicted octanol–water partition coefficient (Wildman–Crippen LogP) is 5.33. The van der Waals surface area contributed by atoms with Gasteiger partial charge in [0.2, 0.25) is 0 Å². The van der Waals surface area contributed by atoms with Gasteiger partial charge in [0.15, 0.2) is 0 Å². The lowest BCUT2D eigenvalue weighted by Gasteiger charge is -2.16. The van der Waals surface area contributed by atoms with Crippen molar-refractivity contribution in [1.29, 1.82) is 0 Å². The van der Waals surface area contributed by atoms with Gasteiger partial charge in [0.1, 0.15) is 17.2 Å². The number of hydrogen-bond acceptors (Lipinski definition) is 6. The Morgan fingerprint density at radius 1 is 1.11 bits per heavy atom. The van der Waals surface area contributed by atoms with Crippen LogP contribution >= 0.6 is 11.3 Å². The summed E-state index contributed by atoms with van der Waals surface area (Å²) in [6, 6.07) is 15.4. The van der Waals surface area contributed by atoms with Crippen molar-refractivity contribution in [2.24, 2.45) is 7.05 Å². The smallest absolute Gasteiger partial charge is 0.255 e. The second kappa shape index (κ2) is 9.63. The molecule has 1 atom stereocenters. The van der Waals surface area contributed by atoms with E-state index < -0.39 is 0 Å². The normalized spacial score (nSPS) is 12.0. The fourth-order valence-electron chi connectivity index (χ4n) is 3.79. The molecule has 1 unspecified atom stereocenters. The molecule has 5 rings (SSSR count). The average molecular weight is 487 g/mol. The Morgan fingerprint density at radius 3 is 2.77 bits per heavy atom. The number of fused-ring (bicyclic) bond motifs is 1. The number of nitrogens with one attached hydrogen (secondary N) is 2. The van der Waals surface area contributed by atoms with E-state index in [9.17, 15) is 9.18 Å². The monoisotopic (exact) mass is 486 g/mol. The summed E-state index contributed by atoms with van der Waals surface area (Å²) < 4.78 is 15.2. The highest BCUT2D eigenvalue weighted by atomic mass is 32.1. The molecule has 0 fully saturated rings. The van der Waals surface area contributed by atoms with Gasteiger partial charge in [0.25, 0.3) is 5.91 Å². The molecule has 4 aromatic heterocycles. The van der Waals surface area contributed by atoms with Gasteiger partial charge in [-0.3, -0.25) is 9.78 Å². The van der Waals surface area contributed by atoms with E-state index in [2.05, 4.69) is 25.6 Å². The molecule has 35 heavy (non-hydrogen) atoms. The van der Waals surface area contributed by atoms with Crippen molar-refractivity contribution < 1.29 is 9.18 Å². The molecule has 1 aromatic carbocycles. The number of halogens is 1. The summed E-state index contributed by atoms with van der Waals surface area (Å²) in [5.41, 5.74) is 4.06. The van der Waals surface area contributed by atoms with Gasteiger partial charge >= 0.3 is 0 Å². The molecule has 4 heterocycles. The number of thiophene rings is 1. The SMILES string of the molecule is CC(NC(=O)c1cccnc1NCc1ccc(-c2cc3c(cn2)ncn3C)s1)c1ccc(F)cc1.